The van der Waals surface area contributed by atoms with Gasteiger partial charge in [0, 0.05) is 18.7 Å². The van der Waals surface area contributed by atoms with E-state index in [1.54, 1.807) is 11.8 Å². The van der Waals surface area contributed by atoms with Crippen molar-refractivity contribution in [3.05, 3.63) is 51.7 Å². The monoisotopic (exact) mass is 406 g/mol. The van der Waals surface area contributed by atoms with Crippen LogP contribution in [-0.4, -0.2) is 56.1 Å². The number of morpholine rings is 1. The van der Waals surface area contributed by atoms with E-state index < -0.39 is 17.7 Å². The highest BCUT2D eigenvalue weighted by molar-refractivity contribution is 7.18. The van der Waals surface area contributed by atoms with Crippen molar-refractivity contribution < 1.29 is 28.2 Å². The van der Waals surface area contributed by atoms with Crippen LogP contribution in [0.2, 0.25) is 0 Å². The molecular formula is C19H19FN2O5S. The second-order valence-corrected chi connectivity index (χ2v) is 7.14. The van der Waals surface area contributed by atoms with Crippen LogP contribution in [0.15, 0.2) is 24.3 Å². The van der Waals surface area contributed by atoms with Crippen LogP contribution in [-0.2, 0) is 9.47 Å². The van der Waals surface area contributed by atoms with Crippen molar-refractivity contribution in [3.8, 4) is 0 Å². The number of hydrogen-bond donors (Lipinski definition) is 1. The topological polar surface area (TPSA) is 84.9 Å². The first-order valence-electron chi connectivity index (χ1n) is 8.58. The van der Waals surface area contributed by atoms with Gasteiger partial charge < -0.3 is 19.7 Å². The molecule has 0 spiro atoms. The van der Waals surface area contributed by atoms with E-state index >= 15 is 0 Å². The molecule has 0 atom stereocenters. The van der Waals surface area contributed by atoms with Crippen molar-refractivity contribution in [2.24, 2.45) is 0 Å². The number of benzene rings is 1. The van der Waals surface area contributed by atoms with Gasteiger partial charge in [-0.3, -0.25) is 9.59 Å². The Labute approximate surface area is 165 Å². The van der Waals surface area contributed by atoms with Crippen LogP contribution in [0.1, 0.15) is 36.0 Å². The van der Waals surface area contributed by atoms with E-state index in [0.29, 0.717) is 36.7 Å². The lowest BCUT2D eigenvalue weighted by Gasteiger charge is -2.26. The van der Waals surface area contributed by atoms with Gasteiger partial charge in [0.25, 0.3) is 11.8 Å². The first-order chi connectivity index (χ1) is 13.4. The van der Waals surface area contributed by atoms with Gasteiger partial charge >= 0.3 is 5.97 Å². The fourth-order valence-electron chi connectivity index (χ4n) is 2.84. The minimum Gasteiger partial charge on any atom is -0.465 e. The summed E-state index contributed by atoms with van der Waals surface area (Å²) < 4.78 is 23.2. The van der Waals surface area contributed by atoms with Crippen LogP contribution >= 0.6 is 11.3 Å². The molecule has 2 heterocycles. The maximum atomic E-state index is 13.1. The van der Waals surface area contributed by atoms with Crippen LogP contribution in [0, 0.1) is 12.7 Å². The molecule has 1 N–H and O–H groups in total. The predicted octanol–water partition coefficient (Wildman–Crippen LogP) is 2.71. The highest BCUT2D eigenvalue weighted by atomic mass is 32.1. The minimum absolute atomic E-state index is 0.138. The number of amides is 2. The number of ether oxygens (including phenoxy) is 2. The average molecular weight is 406 g/mol. The zero-order valence-electron chi connectivity index (χ0n) is 15.4. The van der Waals surface area contributed by atoms with E-state index in [-0.39, 0.29) is 22.0 Å². The number of carbonyl (C=O) groups excluding carboxylic acids is 3. The Morgan fingerprint density at radius 1 is 1.18 bits per heavy atom. The zero-order valence-corrected chi connectivity index (χ0v) is 16.2. The quantitative estimate of drug-likeness (QED) is 0.790. The van der Waals surface area contributed by atoms with Gasteiger partial charge in [-0.1, -0.05) is 0 Å². The number of hydrogen-bond acceptors (Lipinski definition) is 6. The van der Waals surface area contributed by atoms with Crippen LogP contribution in [0.4, 0.5) is 9.39 Å². The second kappa shape index (κ2) is 8.49. The van der Waals surface area contributed by atoms with Crippen molar-refractivity contribution in [1.82, 2.24) is 4.90 Å². The number of rotatable bonds is 4. The van der Waals surface area contributed by atoms with E-state index in [4.69, 9.17) is 9.47 Å². The molecule has 148 valence electrons. The molecule has 0 bridgehead atoms. The highest BCUT2D eigenvalue weighted by Gasteiger charge is 2.29. The van der Waals surface area contributed by atoms with Crippen molar-refractivity contribution in [2.75, 3.05) is 38.7 Å². The normalized spacial score (nSPS) is 13.9. The molecule has 2 aromatic rings. The fourth-order valence-corrected chi connectivity index (χ4v) is 4.00. The number of esters is 1. The third-order valence-electron chi connectivity index (χ3n) is 4.36. The van der Waals surface area contributed by atoms with Crippen molar-refractivity contribution in [3.63, 3.8) is 0 Å². The van der Waals surface area contributed by atoms with E-state index in [0.717, 1.165) is 11.3 Å². The first kappa shape index (κ1) is 20.0. The standard InChI is InChI=1S/C19H19FN2O5S/c1-11-14(19(25)26-2)17(21-16(23)12-3-5-13(20)6-4-12)28-15(11)18(24)22-7-9-27-10-8-22/h3-6H,7-10H2,1-2H3,(H,21,23). The molecule has 2 amide bonds. The largest absolute Gasteiger partial charge is 0.465 e. The molecular weight excluding hydrogens is 387 g/mol. The summed E-state index contributed by atoms with van der Waals surface area (Å²) in [5.74, 6) is -1.85. The number of halogens is 1. The van der Waals surface area contributed by atoms with E-state index in [1.165, 1.54) is 31.4 Å². The predicted molar refractivity (Wildman–Crippen MR) is 101 cm³/mol. The smallest absolute Gasteiger partial charge is 0.341 e. The molecule has 7 nitrogen and oxygen atoms in total. The number of carbonyl (C=O) groups is 3. The molecule has 0 aliphatic carbocycles. The fraction of sp³-hybridized carbons (Fsp3) is 0.316. The SMILES string of the molecule is COC(=O)c1c(NC(=O)c2ccc(F)cc2)sc(C(=O)N2CCOCC2)c1C. The maximum Gasteiger partial charge on any atom is 0.341 e. The lowest BCUT2D eigenvalue weighted by Crippen LogP contribution is -2.40. The molecule has 0 radical (unpaired) electrons. The van der Waals surface area contributed by atoms with Crippen LogP contribution < -0.4 is 5.32 Å². The number of thiophene rings is 1. The van der Waals surface area contributed by atoms with Gasteiger partial charge in [0.05, 0.1) is 30.8 Å². The minimum atomic E-state index is -0.649. The third kappa shape index (κ3) is 4.05. The highest BCUT2D eigenvalue weighted by Crippen LogP contribution is 2.35. The average Bonchev–Trinajstić information content (AvgIpc) is 3.03. The zero-order chi connectivity index (χ0) is 20.3. The molecule has 0 saturated carbocycles. The van der Waals surface area contributed by atoms with E-state index in [2.05, 4.69) is 5.32 Å². The molecule has 0 unspecified atom stereocenters. The Hall–Kier alpha value is -2.78. The summed E-state index contributed by atoms with van der Waals surface area (Å²) in [6.07, 6.45) is 0. The molecule has 1 aromatic heterocycles. The van der Waals surface area contributed by atoms with Crippen LogP contribution in [0.25, 0.3) is 0 Å². The molecule has 1 fully saturated rings. The Kier molecular flexibility index (Phi) is 6.05. The number of nitrogens with one attached hydrogen (secondary N) is 1. The van der Waals surface area contributed by atoms with Gasteiger partial charge in [-0.05, 0) is 36.8 Å². The lowest BCUT2D eigenvalue weighted by atomic mass is 10.1. The van der Waals surface area contributed by atoms with E-state index in [1.807, 2.05) is 0 Å². The van der Waals surface area contributed by atoms with Gasteiger partial charge in [-0.25, -0.2) is 9.18 Å². The summed E-state index contributed by atoms with van der Waals surface area (Å²) in [6.45, 7) is 3.47. The number of nitrogens with zero attached hydrogens (tertiary/aromatic N) is 1. The Bertz CT molecular complexity index is 904. The molecule has 28 heavy (non-hydrogen) atoms. The molecule has 1 aromatic carbocycles. The Morgan fingerprint density at radius 3 is 2.43 bits per heavy atom. The van der Waals surface area contributed by atoms with Crippen molar-refractivity contribution in [1.29, 1.82) is 0 Å². The van der Waals surface area contributed by atoms with Crippen LogP contribution in [0.5, 0.6) is 0 Å². The van der Waals surface area contributed by atoms with Gasteiger partial charge in [0.2, 0.25) is 0 Å². The summed E-state index contributed by atoms with van der Waals surface area (Å²) >= 11 is 1.02. The molecule has 3 rings (SSSR count). The summed E-state index contributed by atoms with van der Waals surface area (Å²) in [6, 6.07) is 5.01. The molecule has 1 saturated heterocycles. The third-order valence-corrected chi connectivity index (χ3v) is 5.56. The summed E-state index contributed by atoms with van der Waals surface area (Å²) in [4.78, 5) is 39.6. The van der Waals surface area contributed by atoms with Gasteiger partial charge in [0.15, 0.2) is 0 Å². The van der Waals surface area contributed by atoms with Crippen molar-refractivity contribution in [2.45, 2.75) is 6.92 Å². The number of anilines is 1. The Balaban J connectivity index is 1.92. The van der Waals surface area contributed by atoms with Gasteiger partial charge in [-0.15, -0.1) is 11.3 Å². The molecule has 1 aliphatic rings. The lowest BCUT2D eigenvalue weighted by molar-refractivity contribution is 0.0305. The Morgan fingerprint density at radius 2 is 1.82 bits per heavy atom. The summed E-state index contributed by atoms with van der Waals surface area (Å²) in [5.41, 5.74) is 0.812. The molecule has 9 heteroatoms. The first-order valence-corrected chi connectivity index (χ1v) is 9.39. The number of methoxy groups -OCH3 is 1. The second-order valence-electron chi connectivity index (χ2n) is 6.12. The van der Waals surface area contributed by atoms with Crippen molar-refractivity contribution >= 4 is 34.1 Å². The summed E-state index contributed by atoms with van der Waals surface area (Å²) in [5, 5.41) is 2.86. The molecule has 1 aliphatic heterocycles. The summed E-state index contributed by atoms with van der Waals surface area (Å²) in [7, 11) is 1.23. The van der Waals surface area contributed by atoms with E-state index in [9.17, 15) is 18.8 Å². The maximum absolute atomic E-state index is 13.1. The van der Waals surface area contributed by atoms with Gasteiger partial charge in [0.1, 0.15) is 10.8 Å². The van der Waals surface area contributed by atoms with Gasteiger partial charge in [-0.2, -0.15) is 0 Å². The van der Waals surface area contributed by atoms with Crippen LogP contribution in [0.3, 0.4) is 0 Å².